The second-order valence-corrected chi connectivity index (χ2v) is 23.6. The third-order valence-corrected chi connectivity index (χ3v) is 13.8. The molecule has 3 nitrogen and oxygen atoms in total. The molecule has 3 aromatic heterocycles. The van der Waals surface area contributed by atoms with Gasteiger partial charge in [-0.05, 0) is 98.7 Å². The summed E-state index contributed by atoms with van der Waals surface area (Å²) >= 11 is 0. The first-order valence-corrected chi connectivity index (χ1v) is 23.6. The van der Waals surface area contributed by atoms with Crippen molar-refractivity contribution in [2.75, 3.05) is 0 Å². The fraction of sp³-hybridized carbons (Fsp3) is 0.321. The van der Waals surface area contributed by atoms with Gasteiger partial charge in [0.15, 0.2) is 0 Å². The molecule has 0 atom stereocenters. The van der Waals surface area contributed by atoms with E-state index in [2.05, 4.69) is 125 Å². The molecule has 9 rings (SSSR count). The van der Waals surface area contributed by atoms with Crippen molar-refractivity contribution in [2.24, 2.45) is 5.41 Å². The van der Waals surface area contributed by atoms with E-state index in [4.69, 9.17) is 12.6 Å². The van der Waals surface area contributed by atoms with Crippen LogP contribution in [0.3, 0.4) is 0 Å². The van der Waals surface area contributed by atoms with Gasteiger partial charge >= 0.3 is 0 Å². The van der Waals surface area contributed by atoms with Gasteiger partial charge in [0.25, 0.3) is 0 Å². The molecule has 299 valence electrons. The summed E-state index contributed by atoms with van der Waals surface area (Å²) in [6.07, 6.45) is 6.35. The molecular weight excluding hydrogens is 901 g/mol. The first kappa shape index (κ1) is 33.4. The van der Waals surface area contributed by atoms with Gasteiger partial charge in [-0.3, -0.25) is 0 Å². The predicted octanol–water partition coefficient (Wildman–Crippen LogP) is 14.4. The van der Waals surface area contributed by atoms with E-state index in [0.717, 1.165) is 51.2 Å². The summed E-state index contributed by atoms with van der Waals surface area (Å²) in [4.78, 5) is 9.12. The summed E-state index contributed by atoms with van der Waals surface area (Å²) in [5.74, 6) is -0.983. The van der Waals surface area contributed by atoms with Gasteiger partial charge in [-0.2, -0.15) is 0 Å². The minimum absolute atomic E-state index is 0. The number of benzene rings is 5. The Bertz CT molecular complexity index is 2970. The molecule has 8 aromatic rings. The quantitative estimate of drug-likeness (QED) is 0.100. The maximum absolute atomic E-state index is 9.46. The van der Waals surface area contributed by atoms with E-state index in [1.807, 2.05) is 30.5 Å². The molecule has 1 fully saturated rings. The Morgan fingerprint density at radius 3 is 2.14 bits per heavy atom. The Hall–Kier alpha value is -4.41. The van der Waals surface area contributed by atoms with Gasteiger partial charge in [-0.15, -0.1) is 53.6 Å². The number of nitrogens with zero attached hydrogens (tertiary/aromatic N) is 2. The normalized spacial score (nSPS) is 17.5. The van der Waals surface area contributed by atoms with Crippen LogP contribution in [0.15, 0.2) is 108 Å². The minimum Gasteiger partial charge on any atom is -0.500 e. The SMILES string of the molecule is [2H]C([2H])([2H])c1c[c-]c(-c2ccc([Si](C)(C)C)cn2)cc1.[2H]C([2H])([2H])c1cnc(-c2[c-]ccc3c2oc2c3ccc3c4ccc(C(C)(C)C)cc4ccc32)cc1C1([2H])CCC(C)(C)CC1.[Ir]. The van der Waals surface area contributed by atoms with Crippen molar-refractivity contribution in [3.8, 4) is 22.5 Å². The molecule has 0 amide bonds. The average Bonchev–Trinajstić information content (AvgIpc) is 3.63. The first-order valence-electron chi connectivity index (χ1n) is 23.6. The van der Waals surface area contributed by atoms with Crippen molar-refractivity contribution in [1.29, 1.82) is 0 Å². The Kier molecular flexibility index (Phi) is 9.21. The van der Waals surface area contributed by atoms with Crippen LogP contribution in [-0.4, -0.2) is 18.0 Å². The number of rotatable bonds is 4. The van der Waals surface area contributed by atoms with E-state index >= 15 is 0 Å². The molecule has 5 heteroatoms. The number of aryl methyl sites for hydroxylation is 2. The molecule has 58 heavy (non-hydrogen) atoms. The maximum Gasteiger partial charge on any atom is 0.128 e. The first-order chi connectivity index (χ1) is 29.8. The number of aromatic nitrogens is 2. The summed E-state index contributed by atoms with van der Waals surface area (Å²) in [5, 5.41) is 7.85. The molecule has 0 N–H and O–H groups in total. The summed E-state index contributed by atoms with van der Waals surface area (Å²) in [6.45, 7) is 13.5. The van der Waals surface area contributed by atoms with Gasteiger partial charge in [-0.25, -0.2) is 0 Å². The number of furan rings is 1. The minimum atomic E-state index is -2.35. The van der Waals surface area contributed by atoms with Crippen LogP contribution < -0.4 is 5.19 Å². The van der Waals surface area contributed by atoms with Gasteiger partial charge in [0, 0.05) is 52.9 Å². The number of pyridine rings is 2. The second-order valence-electron chi connectivity index (χ2n) is 18.5. The maximum atomic E-state index is 9.46. The topological polar surface area (TPSA) is 38.9 Å². The smallest absolute Gasteiger partial charge is 0.128 e. The summed E-state index contributed by atoms with van der Waals surface area (Å²) in [6, 6.07) is 36.4. The van der Waals surface area contributed by atoms with Crippen LogP contribution in [0.4, 0.5) is 0 Å². The Labute approximate surface area is 369 Å². The predicted molar refractivity (Wildman–Crippen MR) is 245 cm³/mol. The van der Waals surface area contributed by atoms with Crippen molar-refractivity contribution in [1.82, 2.24) is 9.97 Å². The molecule has 1 saturated carbocycles. The second kappa shape index (κ2) is 16.0. The van der Waals surface area contributed by atoms with Crippen molar-refractivity contribution in [2.45, 2.75) is 105 Å². The third kappa shape index (κ3) is 8.37. The molecule has 0 spiro atoms. The Morgan fingerprint density at radius 2 is 1.47 bits per heavy atom. The van der Waals surface area contributed by atoms with Gasteiger partial charge in [0.2, 0.25) is 0 Å². The molecule has 5 aromatic carbocycles. The molecular formula is C53H56IrN2OSi-2. The van der Waals surface area contributed by atoms with Gasteiger partial charge < -0.3 is 14.4 Å². The number of hydrogen-bond donors (Lipinski definition) is 0. The summed E-state index contributed by atoms with van der Waals surface area (Å²) in [5.41, 5.74) is 6.93. The van der Waals surface area contributed by atoms with Crippen LogP contribution in [0.1, 0.15) is 98.0 Å². The summed E-state index contributed by atoms with van der Waals surface area (Å²) in [7, 11) is -1.34. The van der Waals surface area contributed by atoms with Crippen molar-refractivity contribution in [3.05, 3.63) is 138 Å². The molecule has 1 aliphatic carbocycles. The largest absolute Gasteiger partial charge is 0.500 e. The molecule has 0 aliphatic heterocycles. The average molecular weight is 964 g/mol. The van der Waals surface area contributed by atoms with E-state index < -0.39 is 27.7 Å². The van der Waals surface area contributed by atoms with Gasteiger partial charge in [0.1, 0.15) is 5.58 Å². The molecule has 1 radical (unpaired) electrons. The molecule has 0 unspecified atom stereocenters. The third-order valence-electron chi connectivity index (χ3n) is 11.7. The molecule has 3 heterocycles. The van der Waals surface area contributed by atoms with E-state index in [1.165, 1.54) is 33.8 Å². The monoisotopic (exact) mass is 964 g/mol. The van der Waals surface area contributed by atoms with E-state index in [9.17, 15) is 1.37 Å². The zero-order valence-corrected chi connectivity index (χ0v) is 38.2. The van der Waals surface area contributed by atoms with E-state index in [0.29, 0.717) is 40.8 Å². The van der Waals surface area contributed by atoms with Crippen LogP contribution in [0.5, 0.6) is 0 Å². The van der Waals surface area contributed by atoms with E-state index in [1.54, 1.807) is 12.1 Å². The van der Waals surface area contributed by atoms with Crippen molar-refractivity contribution in [3.63, 3.8) is 0 Å². The van der Waals surface area contributed by atoms with Gasteiger partial charge in [-0.1, -0.05) is 133 Å². The van der Waals surface area contributed by atoms with E-state index in [-0.39, 0.29) is 36.5 Å². The van der Waals surface area contributed by atoms with Crippen LogP contribution in [-0.2, 0) is 25.5 Å². The van der Waals surface area contributed by atoms with Crippen LogP contribution in [0, 0.1) is 31.3 Å². The fourth-order valence-electron chi connectivity index (χ4n) is 7.97. The zero-order valence-electron chi connectivity index (χ0n) is 41.8. The Morgan fingerprint density at radius 1 is 0.759 bits per heavy atom. The Balaban J connectivity index is 0.000000253. The number of hydrogen-bond acceptors (Lipinski definition) is 3. The zero-order chi connectivity index (χ0) is 46.2. The van der Waals surface area contributed by atoms with Crippen molar-refractivity contribution >= 4 is 56.7 Å². The standard InChI is InChI=1S/C38H38NO.C15H18NSi.Ir/c1-23-22-39-34(21-33(23)24-16-18-38(5,6)19-17-24)32-9-7-8-29-31-15-14-28-27-13-11-26(37(2,3)4)20-25(27)10-12-30(28)35(31)40-36(29)32;1-12-5-7-13(8-6-12)15-10-9-14(11-16-15)17(2,3)4;/h7-8,10-15,20-22,24H,16-19H2,1-6H3;5-7,9-11H,1-4H3;/q2*-1;/i1D3,24D;1D3;. The van der Waals surface area contributed by atoms with Gasteiger partial charge in [0.05, 0.1) is 13.7 Å². The molecule has 0 saturated heterocycles. The van der Waals surface area contributed by atoms with Crippen molar-refractivity contribution < 1.29 is 34.1 Å². The van der Waals surface area contributed by atoms with Crippen LogP contribution in [0.2, 0.25) is 19.6 Å². The number of fused-ring (bicyclic) bond motifs is 7. The van der Waals surface area contributed by atoms with Crippen LogP contribution in [0.25, 0.3) is 66.0 Å². The summed E-state index contributed by atoms with van der Waals surface area (Å²) < 4.78 is 62.9. The molecule has 0 bridgehead atoms. The fourth-order valence-corrected chi connectivity index (χ4v) is 9.00. The van der Waals surface area contributed by atoms with Crippen LogP contribution >= 0.6 is 0 Å². The molecule has 1 aliphatic rings.